The van der Waals surface area contributed by atoms with Crippen molar-refractivity contribution in [1.29, 1.82) is 0 Å². The molecule has 0 N–H and O–H groups in total. The summed E-state index contributed by atoms with van der Waals surface area (Å²) in [6.45, 7) is 3.69. The summed E-state index contributed by atoms with van der Waals surface area (Å²) in [5.74, 6) is -13.6. The van der Waals surface area contributed by atoms with E-state index in [-0.39, 0.29) is 13.2 Å². The third-order valence-electron chi connectivity index (χ3n) is 5.71. The van der Waals surface area contributed by atoms with Gasteiger partial charge < -0.3 is 33.2 Å². The minimum atomic E-state index is -2.34. The summed E-state index contributed by atoms with van der Waals surface area (Å²) in [6, 6.07) is 9.11. The highest BCUT2D eigenvalue weighted by Gasteiger charge is 2.54. The molecule has 0 saturated carbocycles. The first-order valence-corrected chi connectivity index (χ1v) is 11.5. The lowest BCUT2D eigenvalue weighted by atomic mass is 10.1. The van der Waals surface area contributed by atoms with Gasteiger partial charge in [-0.15, -0.1) is 0 Å². The van der Waals surface area contributed by atoms with Gasteiger partial charge >= 0.3 is 5.24 Å². The first-order valence-electron chi connectivity index (χ1n) is 11.1. The maximum absolute atomic E-state index is 14.1. The van der Waals surface area contributed by atoms with E-state index in [4.69, 9.17) is 45.4 Å². The molecule has 1 unspecified atom stereocenters. The second-order valence-electron chi connectivity index (χ2n) is 8.67. The third-order valence-corrected chi connectivity index (χ3v) is 5.89. The fourth-order valence-electron chi connectivity index (χ4n) is 3.99. The Bertz CT molecular complexity index is 1110. The lowest BCUT2D eigenvalue weighted by molar-refractivity contribution is -0.186. The second-order valence-corrected chi connectivity index (χ2v) is 9.00. The number of thiocarbonyl (C=S) groups is 1. The molecule has 0 aromatic heterocycles. The topological polar surface area (TPSA) is 64.6 Å². The van der Waals surface area contributed by atoms with Crippen LogP contribution in [0.4, 0.5) is 22.0 Å². The van der Waals surface area contributed by atoms with Crippen molar-refractivity contribution >= 4 is 17.5 Å². The molecule has 4 rings (SSSR count). The van der Waals surface area contributed by atoms with Gasteiger partial charge in [-0.05, 0) is 19.4 Å². The minimum absolute atomic E-state index is 0.101. The molecule has 0 bridgehead atoms. The predicted octanol–water partition coefficient (Wildman–Crippen LogP) is 4.54. The highest BCUT2D eigenvalue weighted by Crippen LogP contribution is 2.36. The van der Waals surface area contributed by atoms with Gasteiger partial charge in [0, 0.05) is 19.3 Å². The van der Waals surface area contributed by atoms with E-state index < -0.39 is 76.6 Å². The molecule has 0 spiro atoms. The molecule has 2 saturated heterocycles. The summed E-state index contributed by atoms with van der Waals surface area (Å²) >= 11 is 4.91. The van der Waals surface area contributed by atoms with Gasteiger partial charge in [0.2, 0.25) is 34.8 Å². The van der Waals surface area contributed by atoms with Crippen molar-refractivity contribution in [2.75, 3.05) is 13.7 Å². The molecule has 2 heterocycles. The Hall–Kier alpha value is -2.42. The molecule has 2 aliphatic rings. The zero-order valence-electron chi connectivity index (χ0n) is 19.8. The normalized spacial score (nSPS) is 26.9. The van der Waals surface area contributed by atoms with E-state index >= 15 is 0 Å². The van der Waals surface area contributed by atoms with Crippen LogP contribution in [0, 0.1) is 29.1 Å². The van der Waals surface area contributed by atoms with Gasteiger partial charge in [0.15, 0.2) is 18.2 Å². The quantitative estimate of drug-likeness (QED) is 0.216. The summed E-state index contributed by atoms with van der Waals surface area (Å²) in [7, 11) is 1.31. The zero-order chi connectivity index (χ0) is 26.9. The fraction of sp³-hybridized carbons (Fsp3) is 0.458. The van der Waals surface area contributed by atoms with Crippen molar-refractivity contribution in [3.63, 3.8) is 0 Å². The molecule has 7 nitrogen and oxygen atoms in total. The molecular formula is C24H23F5O7S. The first-order chi connectivity index (χ1) is 17.5. The van der Waals surface area contributed by atoms with Crippen LogP contribution in [0.25, 0.3) is 0 Å². The number of rotatable bonds is 7. The molecule has 2 aromatic rings. The average Bonchev–Trinajstić information content (AvgIpc) is 3.42. The fourth-order valence-corrected chi connectivity index (χ4v) is 4.18. The van der Waals surface area contributed by atoms with Crippen LogP contribution < -0.4 is 4.74 Å². The van der Waals surface area contributed by atoms with Gasteiger partial charge in [0.1, 0.15) is 18.3 Å². The van der Waals surface area contributed by atoms with Gasteiger partial charge in [-0.2, -0.15) is 8.78 Å². The van der Waals surface area contributed by atoms with Gasteiger partial charge in [0.05, 0.1) is 13.2 Å². The molecule has 0 radical (unpaired) electrons. The number of hydrogen-bond acceptors (Lipinski definition) is 8. The van der Waals surface area contributed by atoms with Crippen molar-refractivity contribution in [3.8, 4) is 5.75 Å². The third kappa shape index (κ3) is 5.86. The number of halogens is 5. The van der Waals surface area contributed by atoms with Crippen LogP contribution in [0.15, 0.2) is 30.3 Å². The average molecular weight is 550 g/mol. The van der Waals surface area contributed by atoms with E-state index in [1.54, 1.807) is 13.8 Å². The number of benzene rings is 2. The first kappa shape index (κ1) is 27.6. The molecule has 5 atom stereocenters. The second kappa shape index (κ2) is 11.1. The molecule has 202 valence electrons. The Kier molecular flexibility index (Phi) is 8.31. The lowest BCUT2D eigenvalue weighted by Gasteiger charge is -2.27. The molecular weight excluding hydrogens is 527 g/mol. The highest BCUT2D eigenvalue weighted by molar-refractivity contribution is 7.79. The van der Waals surface area contributed by atoms with Crippen LogP contribution in [0.3, 0.4) is 0 Å². The van der Waals surface area contributed by atoms with Crippen molar-refractivity contribution in [2.24, 2.45) is 0 Å². The standard InChI is InChI=1S/C24H23F5O7S/c1-24(2)32-10-12(36-24)18-20(31-9-11-7-5-4-6-8-11)21(22(30-3)33-18)35-23(37)34-19-16(28)14(26)13(25)15(27)17(19)29/h4-8,12,18,20-22H,9-10H2,1-3H3/t12-,18-,20+,21-,22?/m1/s1. The Balaban J connectivity index is 1.57. The van der Waals surface area contributed by atoms with Gasteiger partial charge in [0.25, 0.3) is 0 Å². The van der Waals surface area contributed by atoms with Crippen LogP contribution in [0.1, 0.15) is 19.4 Å². The smallest absolute Gasteiger partial charge is 0.358 e. The van der Waals surface area contributed by atoms with E-state index in [0.717, 1.165) is 5.56 Å². The summed E-state index contributed by atoms with van der Waals surface area (Å²) in [4.78, 5) is 0. The van der Waals surface area contributed by atoms with Crippen LogP contribution in [-0.4, -0.2) is 55.4 Å². The number of methoxy groups -OCH3 is 1. The molecule has 2 fully saturated rings. The number of hydrogen-bond donors (Lipinski definition) is 0. The highest BCUT2D eigenvalue weighted by atomic mass is 32.1. The Morgan fingerprint density at radius 3 is 2.16 bits per heavy atom. The largest absolute Gasteiger partial charge is 0.445 e. The lowest BCUT2D eigenvalue weighted by Crippen LogP contribution is -2.44. The minimum Gasteiger partial charge on any atom is -0.445 e. The molecule has 0 amide bonds. The van der Waals surface area contributed by atoms with Crippen molar-refractivity contribution in [3.05, 3.63) is 65.0 Å². The monoisotopic (exact) mass is 550 g/mol. The molecule has 2 aromatic carbocycles. The Morgan fingerprint density at radius 2 is 1.59 bits per heavy atom. The van der Waals surface area contributed by atoms with Crippen LogP contribution in [0.5, 0.6) is 5.75 Å². The molecule has 37 heavy (non-hydrogen) atoms. The molecule has 0 aliphatic carbocycles. The summed E-state index contributed by atoms with van der Waals surface area (Å²) < 4.78 is 108. The van der Waals surface area contributed by atoms with E-state index in [1.165, 1.54) is 7.11 Å². The number of ether oxygens (including phenoxy) is 7. The van der Waals surface area contributed by atoms with E-state index in [0.29, 0.717) is 0 Å². The van der Waals surface area contributed by atoms with Crippen molar-refractivity contribution in [1.82, 2.24) is 0 Å². The zero-order valence-corrected chi connectivity index (χ0v) is 20.7. The van der Waals surface area contributed by atoms with Crippen LogP contribution in [-0.2, 0) is 35.0 Å². The molecule has 2 aliphatic heterocycles. The SMILES string of the molecule is COC1O[C@H]([C@H]2COC(C)(C)O2)[C@H](OCc2ccccc2)[C@H]1OC(=S)Oc1c(F)c(F)c(F)c(F)c1F. The van der Waals surface area contributed by atoms with Crippen LogP contribution >= 0.6 is 12.2 Å². The van der Waals surface area contributed by atoms with Gasteiger partial charge in [-0.25, -0.2) is 13.2 Å². The maximum Gasteiger partial charge on any atom is 0.358 e. The van der Waals surface area contributed by atoms with Crippen molar-refractivity contribution in [2.45, 2.75) is 56.9 Å². The summed E-state index contributed by atoms with van der Waals surface area (Å²) in [6.07, 6.45) is -4.68. The Labute approximate surface area is 214 Å². The van der Waals surface area contributed by atoms with E-state index in [9.17, 15) is 22.0 Å². The Morgan fingerprint density at radius 1 is 0.973 bits per heavy atom. The molecule has 13 heteroatoms. The van der Waals surface area contributed by atoms with E-state index in [2.05, 4.69) is 0 Å². The summed E-state index contributed by atoms with van der Waals surface area (Å²) in [5, 5.41) is -0.947. The van der Waals surface area contributed by atoms with E-state index in [1.807, 2.05) is 30.3 Å². The maximum atomic E-state index is 14.1. The predicted molar refractivity (Wildman–Crippen MR) is 120 cm³/mol. The van der Waals surface area contributed by atoms with Gasteiger partial charge in [-0.3, -0.25) is 0 Å². The van der Waals surface area contributed by atoms with Crippen LogP contribution in [0.2, 0.25) is 0 Å². The summed E-state index contributed by atoms with van der Waals surface area (Å²) in [5.41, 5.74) is 0.810. The van der Waals surface area contributed by atoms with Gasteiger partial charge in [-0.1, -0.05) is 30.3 Å². The van der Waals surface area contributed by atoms with Crippen molar-refractivity contribution < 1.29 is 55.1 Å².